The number of benzene rings is 3. The SMILES string of the molecule is O=C(NCc1ccccc1)NS(=O)(=O)c1ccc(-n2nc(-c3ccc(Cl)cc3)ccc2=O)cc1. The molecule has 1 heterocycles. The van der Waals surface area contributed by atoms with E-state index in [9.17, 15) is 18.0 Å². The molecule has 0 saturated carbocycles. The second-order valence-corrected chi connectivity index (χ2v) is 9.36. The average Bonchev–Trinajstić information content (AvgIpc) is 2.84. The lowest BCUT2D eigenvalue weighted by molar-refractivity contribution is 0.245. The maximum Gasteiger partial charge on any atom is 0.328 e. The highest BCUT2D eigenvalue weighted by atomic mass is 35.5. The number of aromatic nitrogens is 2. The van der Waals surface area contributed by atoms with Crippen LogP contribution in [0.3, 0.4) is 0 Å². The van der Waals surface area contributed by atoms with E-state index in [0.717, 1.165) is 11.1 Å². The zero-order valence-corrected chi connectivity index (χ0v) is 19.3. The summed E-state index contributed by atoms with van der Waals surface area (Å²) in [6.45, 7) is 0.180. The van der Waals surface area contributed by atoms with Gasteiger partial charge in [-0.2, -0.15) is 9.78 Å². The quantitative estimate of drug-likeness (QED) is 0.424. The van der Waals surface area contributed by atoms with Crippen LogP contribution in [0.5, 0.6) is 0 Å². The van der Waals surface area contributed by atoms with E-state index < -0.39 is 16.1 Å². The minimum absolute atomic E-state index is 0.131. The Balaban J connectivity index is 1.50. The van der Waals surface area contributed by atoms with Crippen LogP contribution in [0.1, 0.15) is 5.56 Å². The average molecular weight is 495 g/mol. The van der Waals surface area contributed by atoms with E-state index in [4.69, 9.17) is 11.6 Å². The number of amides is 2. The van der Waals surface area contributed by atoms with Crippen LogP contribution in [-0.4, -0.2) is 24.2 Å². The number of nitrogens with zero attached hydrogens (tertiary/aromatic N) is 2. The first-order valence-electron chi connectivity index (χ1n) is 10.1. The van der Waals surface area contributed by atoms with Gasteiger partial charge in [0.1, 0.15) is 0 Å². The molecule has 10 heteroatoms. The van der Waals surface area contributed by atoms with Crippen molar-refractivity contribution in [3.63, 3.8) is 0 Å². The number of rotatable bonds is 6. The van der Waals surface area contributed by atoms with E-state index in [1.165, 1.54) is 35.0 Å². The Labute approximate surface area is 200 Å². The fraction of sp³-hybridized carbons (Fsp3) is 0.0417. The molecule has 1 aromatic heterocycles. The highest BCUT2D eigenvalue weighted by molar-refractivity contribution is 7.90. The molecule has 0 aliphatic heterocycles. The topological polar surface area (TPSA) is 110 Å². The van der Waals surface area contributed by atoms with Crippen molar-refractivity contribution in [3.8, 4) is 16.9 Å². The summed E-state index contributed by atoms with van der Waals surface area (Å²) in [4.78, 5) is 24.3. The number of hydrogen-bond donors (Lipinski definition) is 2. The summed E-state index contributed by atoms with van der Waals surface area (Å²) in [5.41, 5.74) is 2.13. The largest absolute Gasteiger partial charge is 0.333 e. The molecule has 0 radical (unpaired) electrons. The van der Waals surface area contributed by atoms with Crippen LogP contribution in [0.25, 0.3) is 16.9 Å². The zero-order valence-electron chi connectivity index (χ0n) is 17.7. The third-order valence-corrected chi connectivity index (χ3v) is 6.45. The molecular formula is C24H19ClN4O4S. The Morgan fingerprint density at radius 3 is 2.24 bits per heavy atom. The van der Waals surface area contributed by atoms with Gasteiger partial charge in [0.2, 0.25) is 0 Å². The van der Waals surface area contributed by atoms with E-state index in [1.54, 1.807) is 30.3 Å². The van der Waals surface area contributed by atoms with E-state index in [-0.39, 0.29) is 17.0 Å². The van der Waals surface area contributed by atoms with Crippen LogP contribution in [0.15, 0.2) is 101 Å². The van der Waals surface area contributed by atoms with E-state index in [0.29, 0.717) is 16.4 Å². The molecule has 0 atom stereocenters. The maximum atomic E-state index is 12.6. The summed E-state index contributed by atoms with van der Waals surface area (Å²) in [5, 5.41) is 7.45. The summed E-state index contributed by atoms with van der Waals surface area (Å²) >= 11 is 5.93. The molecule has 0 fully saturated rings. The maximum absolute atomic E-state index is 12.6. The molecule has 34 heavy (non-hydrogen) atoms. The summed E-state index contributed by atoms with van der Waals surface area (Å²) < 4.78 is 28.3. The van der Waals surface area contributed by atoms with Gasteiger partial charge in [0.05, 0.1) is 16.3 Å². The van der Waals surface area contributed by atoms with Gasteiger partial charge >= 0.3 is 6.03 Å². The van der Waals surface area contributed by atoms with Crippen LogP contribution in [0.4, 0.5) is 4.79 Å². The summed E-state index contributed by atoms with van der Waals surface area (Å²) in [5.74, 6) is 0. The smallest absolute Gasteiger partial charge is 0.328 e. The molecule has 8 nitrogen and oxygen atoms in total. The minimum atomic E-state index is -4.11. The molecule has 0 aliphatic rings. The number of nitrogens with one attached hydrogen (secondary N) is 2. The Morgan fingerprint density at radius 1 is 0.882 bits per heavy atom. The normalized spacial score (nSPS) is 11.1. The van der Waals surface area contributed by atoms with Gasteiger partial charge in [0, 0.05) is 23.2 Å². The number of carbonyl (C=O) groups excluding carboxylic acids is 1. The lowest BCUT2D eigenvalue weighted by Gasteiger charge is -2.10. The van der Waals surface area contributed by atoms with Crippen LogP contribution in [-0.2, 0) is 16.6 Å². The van der Waals surface area contributed by atoms with Crippen molar-refractivity contribution in [2.24, 2.45) is 0 Å². The zero-order chi connectivity index (χ0) is 24.1. The van der Waals surface area contributed by atoms with Gasteiger partial charge in [-0.1, -0.05) is 54.1 Å². The van der Waals surface area contributed by atoms with E-state index in [2.05, 4.69) is 10.4 Å². The first kappa shape index (κ1) is 23.2. The molecule has 0 aliphatic carbocycles. The second-order valence-electron chi connectivity index (χ2n) is 7.24. The third kappa shape index (κ3) is 5.51. The molecule has 0 spiro atoms. The van der Waals surface area contributed by atoms with Gasteiger partial charge in [-0.15, -0.1) is 0 Å². The first-order valence-corrected chi connectivity index (χ1v) is 12.0. The van der Waals surface area contributed by atoms with Crippen molar-refractivity contribution < 1.29 is 13.2 Å². The van der Waals surface area contributed by atoms with Crippen molar-refractivity contribution in [2.45, 2.75) is 11.4 Å². The summed E-state index contributed by atoms with van der Waals surface area (Å²) in [6.07, 6.45) is 0. The van der Waals surface area contributed by atoms with Gasteiger partial charge in [-0.25, -0.2) is 17.9 Å². The number of sulfonamides is 1. The first-order chi connectivity index (χ1) is 16.3. The lowest BCUT2D eigenvalue weighted by atomic mass is 10.1. The molecule has 0 bridgehead atoms. The highest BCUT2D eigenvalue weighted by Crippen LogP contribution is 2.19. The summed E-state index contributed by atoms with van der Waals surface area (Å²) in [6, 6.07) is 23.7. The molecule has 0 unspecified atom stereocenters. The third-order valence-electron chi connectivity index (χ3n) is 4.85. The van der Waals surface area contributed by atoms with E-state index >= 15 is 0 Å². The molecule has 4 rings (SSSR count). The molecule has 3 aromatic carbocycles. The number of hydrogen-bond acceptors (Lipinski definition) is 5. The Bertz CT molecular complexity index is 1470. The van der Waals surface area contributed by atoms with Crippen LogP contribution in [0, 0.1) is 0 Å². The van der Waals surface area contributed by atoms with Crippen LogP contribution < -0.4 is 15.6 Å². The highest BCUT2D eigenvalue weighted by Gasteiger charge is 2.18. The second kappa shape index (κ2) is 9.90. The Kier molecular flexibility index (Phi) is 6.76. The van der Waals surface area contributed by atoms with Crippen molar-refractivity contribution >= 4 is 27.7 Å². The van der Waals surface area contributed by atoms with Gasteiger partial charge in [-0.3, -0.25) is 4.79 Å². The monoisotopic (exact) mass is 494 g/mol. The van der Waals surface area contributed by atoms with Crippen LogP contribution in [0.2, 0.25) is 5.02 Å². The molecule has 2 amide bonds. The predicted octanol–water partition coefficient (Wildman–Crippen LogP) is 3.74. The van der Waals surface area contributed by atoms with Crippen molar-refractivity contribution in [1.82, 2.24) is 19.8 Å². The predicted molar refractivity (Wildman–Crippen MR) is 129 cm³/mol. The van der Waals surface area contributed by atoms with Crippen molar-refractivity contribution in [3.05, 3.63) is 112 Å². The molecule has 4 aromatic rings. The van der Waals surface area contributed by atoms with Crippen molar-refractivity contribution in [1.29, 1.82) is 0 Å². The van der Waals surface area contributed by atoms with Gasteiger partial charge in [-0.05, 0) is 48.0 Å². The van der Waals surface area contributed by atoms with E-state index in [1.807, 2.05) is 35.1 Å². The minimum Gasteiger partial charge on any atom is -0.333 e. The Morgan fingerprint density at radius 2 is 1.56 bits per heavy atom. The lowest BCUT2D eigenvalue weighted by Crippen LogP contribution is -2.39. The molecule has 0 saturated heterocycles. The van der Waals surface area contributed by atoms with Gasteiger partial charge < -0.3 is 5.32 Å². The fourth-order valence-corrected chi connectivity index (χ4v) is 4.19. The molecule has 172 valence electrons. The fourth-order valence-electron chi connectivity index (χ4n) is 3.13. The van der Waals surface area contributed by atoms with Crippen LogP contribution >= 0.6 is 11.6 Å². The number of urea groups is 1. The molecular weight excluding hydrogens is 476 g/mol. The molecule has 2 N–H and O–H groups in total. The standard InChI is InChI=1S/C24H19ClN4O4S/c25-19-8-6-18(7-9-19)22-14-15-23(30)29(27-22)20-10-12-21(13-11-20)34(32,33)28-24(31)26-16-17-4-2-1-3-5-17/h1-15H,16H2,(H2,26,28,31). The van der Waals surface area contributed by atoms with Gasteiger partial charge in [0.15, 0.2) is 0 Å². The number of carbonyl (C=O) groups is 1. The van der Waals surface area contributed by atoms with Crippen molar-refractivity contribution in [2.75, 3.05) is 0 Å². The Hall–Kier alpha value is -3.95. The van der Waals surface area contributed by atoms with Gasteiger partial charge in [0.25, 0.3) is 15.6 Å². The number of halogens is 1. The summed E-state index contributed by atoms with van der Waals surface area (Å²) in [7, 11) is -4.11.